The summed E-state index contributed by atoms with van der Waals surface area (Å²) < 4.78 is 5.31. The van der Waals surface area contributed by atoms with Crippen molar-refractivity contribution in [3.63, 3.8) is 0 Å². The highest BCUT2D eigenvalue weighted by molar-refractivity contribution is 6.20. The van der Waals surface area contributed by atoms with Crippen LogP contribution in [0.1, 0.15) is 47.8 Å². The number of fused-ring (bicyclic) bond motifs is 1. The van der Waals surface area contributed by atoms with Crippen LogP contribution < -0.4 is 5.32 Å². The quantitative estimate of drug-likeness (QED) is 0.570. The Morgan fingerprint density at radius 1 is 1.03 bits per heavy atom. The van der Waals surface area contributed by atoms with Gasteiger partial charge in [0.25, 0.3) is 11.8 Å². The first-order valence-corrected chi connectivity index (χ1v) is 10.9. The van der Waals surface area contributed by atoms with Gasteiger partial charge in [-0.05, 0) is 23.1 Å². The van der Waals surface area contributed by atoms with E-state index in [-0.39, 0.29) is 28.5 Å². The van der Waals surface area contributed by atoms with Gasteiger partial charge in [0, 0.05) is 29.8 Å². The molecule has 4 rings (SSSR count). The minimum absolute atomic E-state index is 0.0100. The summed E-state index contributed by atoms with van der Waals surface area (Å²) in [6, 6.07) is 16.8. The summed E-state index contributed by atoms with van der Waals surface area (Å²) in [5.74, 6) is -0.351. The molecule has 0 radical (unpaired) electrons. The molecule has 0 aliphatic carbocycles. The van der Waals surface area contributed by atoms with E-state index in [9.17, 15) is 14.9 Å². The molecule has 7 nitrogen and oxygen atoms in total. The summed E-state index contributed by atoms with van der Waals surface area (Å²) in [6.07, 6.45) is 0. The molecule has 0 bridgehead atoms. The Kier molecular flexibility index (Phi) is 6.12. The number of carbonyl (C=O) groups is 2. The number of hydrogen-bond acceptors (Lipinski definition) is 5. The summed E-state index contributed by atoms with van der Waals surface area (Å²) in [4.78, 5) is 32.1. The van der Waals surface area contributed by atoms with Crippen LogP contribution in [0.25, 0.3) is 5.70 Å². The van der Waals surface area contributed by atoms with Gasteiger partial charge >= 0.3 is 0 Å². The van der Waals surface area contributed by atoms with Crippen LogP contribution in [0.3, 0.4) is 0 Å². The van der Waals surface area contributed by atoms with Crippen LogP contribution in [0.5, 0.6) is 0 Å². The molecule has 0 unspecified atom stereocenters. The van der Waals surface area contributed by atoms with Crippen molar-refractivity contribution in [2.75, 3.05) is 26.3 Å². The van der Waals surface area contributed by atoms with E-state index in [0.717, 1.165) is 5.56 Å². The van der Waals surface area contributed by atoms with E-state index in [2.05, 4.69) is 31.1 Å². The third-order valence-electron chi connectivity index (χ3n) is 5.77. The molecular formula is C26H26N4O3. The molecule has 2 heterocycles. The summed E-state index contributed by atoms with van der Waals surface area (Å²) in [5.41, 5.74) is 3.19. The summed E-state index contributed by atoms with van der Waals surface area (Å²) in [7, 11) is 0. The predicted molar refractivity (Wildman–Crippen MR) is 126 cm³/mol. The van der Waals surface area contributed by atoms with Crippen molar-refractivity contribution in [2.24, 2.45) is 4.99 Å². The third kappa shape index (κ3) is 4.57. The van der Waals surface area contributed by atoms with Crippen LogP contribution in [0.2, 0.25) is 0 Å². The predicted octanol–water partition coefficient (Wildman–Crippen LogP) is 3.27. The molecular weight excluding hydrogens is 416 g/mol. The Balaban J connectivity index is 1.65. The second-order valence-electron chi connectivity index (χ2n) is 9.03. The number of aliphatic imine (C=N–C) groups is 1. The van der Waals surface area contributed by atoms with Crippen molar-refractivity contribution >= 4 is 23.3 Å². The Bertz CT molecular complexity index is 1190. The molecule has 1 N–H and O–H groups in total. The van der Waals surface area contributed by atoms with Gasteiger partial charge in [-0.15, -0.1) is 0 Å². The number of nitriles is 1. The van der Waals surface area contributed by atoms with E-state index in [4.69, 9.17) is 4.74 Å². The molecule has 168 valence electrons. The Hall–Kier alpha value is -3.76. The maximum Gasteiger partial charge on any atom is 0.266 e. The lowest BCUT2D eigenvalue weighted by molar-refractivity contribution is -0.130. The van der Waals surface area contributed by atoms with E-state index >= 15 is 0 Å². The van der Waals surface area contributed by atoms with E-state index in [1.807, 2.05) is 36.4 Å². The van der Waals surface area contributed by atoms with Gasteiger partial charge in [-0.2, -0.15) is 5.26 Å². The number of nitrogens with one attached hydrogen (secondary N) is 1. The zero-order valence-electron chi connectivity index (χ0n) is 19.0. The number of carbonyl (C=O) groups excluding carboxylic acids is 2. The highest BCUT2D eigenvalue weighted by Crippen LogP contribution is 2.31. The number of ether oxygens (including phenoxy) is 1. The summed E-state index contributed by atoms with van der Waals surface area (Å²) in [6.45, 7) is 8.08. The number of morpholine rings is 1. The number of rotatable bonds is 2. The second kappa shape index (κ2) is 9.00. The van der Waals surface area contributed by atoms with Gasteiger partial charge in [-0.1, -0.05) is 57.2 Å². The first kappa shape index (κ1) is 22.4. The normalized spacial score (nSPS) is 17.0. The van der Waals surface area contributed by atoms with Crippen LogP contribution in [0.4, 0.5) is 0 Å². The second-order valence-corrected chi connectivity index (χ2v) is 9.03. The molecule has 0 aromatic heterocycles. The van der Waals surface area contributed by atoms with E-state index in [1.165, 1.54) is 0 Å². The minimum atomic E-state index is -0.375. The van der Waals surface area contributed by atoms with E-state index in [0.29, 0.717) is 48.8 Å². The topological polar surface area (TPSA) is 94.8 Å². The van der Waals surface area contributed by atoms with Crippen LogP contribution in [0, 0.1) is 11.3 Å². The lowest BCUT2D eigenvalue weighted by Crippen LogP contribution is -2.41. The van der Waals surface area contributed by atoms with Crippen molar-refractivity contribution in [2.45, 2.75) is 26.2 Å². The molecule has 0 saturated carbocycles. The molecule has 0 spiro atoms. The fraction of sp³-hybridized carbons (Fsp3) is 0.308. The maximum absolute atomic E-state index is 13.0. The van der Waals surface area contributed by atoms with Crippen LogP contribution in [-0.2, 0) is 14.9 Å². The van der Waals surface area contributed by atoms with Gasteiger partial charge in [-0.3, -0.25) is 9.59 Å². The van der Waals surface area contributed by atoms with Gasteiger partial charge in [-0.25, -0.2) is 4.99 Å². The Labute approximate surface area is 193 Å². The van der Waals surface area contributed by atoms with E-state index in [1.54, 1.807) is 23.1 Å². The molecule has 7 heteroatoms. The molecule has 2 aromatic carbocycles. The fourth-order valence-corrected chi connectivity index (χ4v) is 3.84. The standard InChI is InChI=1S/C26H26N4O3/c1-26(2,3)18-10-8-17(9-11-18)24(31)29-23-20-7-5-4-6-19(20)22(28-23)21(16-27)25(32)30-12-14-33-15-13-30/h4-11H,12-15H2,1-3H3,(H,28,29,31). The minimum Gasteiger partial charge on any atom is -0.378 e. The lowest BCUT2D eigenvalue weighted by atomic mass is 9.87. The average molecular weight is 443 g/mol. The number of amidine groups is 1. The Morgan fingerprint density at radius 2 is 1.67 bits per heavy atom. The van der Waals surface area contributed by atoms with Gasteiger partial charge < -0.3 is 15.0 Å². The van der Waals surface area contributed by atoms with Gasteiger partial charge in [0.15, 0.2) is 0 Å². The molecule has 1 fully saturated rings. The van der Waals surface area contributed by atoms with Crippen LogP contribution in [-0.4, -0.2) is 48.9 Å². The zero-order chi connectivity index (χ0) is 23.6. The molecule has 2 aromatic rings. The van der Waals surface area contributed by atoms with E-state index < -0.39 is 0 Å². The first-order chi connectivity index (χ1) is 15.8. The van der Waals surface area contributed by atoms with Crippen molar-refractivity contribution in [3.05, 3.63) is 76.4 Å². The molecule has 2 aliphatic heterocycles. The van der Waals surface area contributed by atoms with Gasteiger partial charge in [0.2, 0.25) is 0 Å². The number of nitrogens with zero attached hydrogens (tertiary/aromatic N) is 3. The SMILES string of the molecule is CC(C)(C)c1ccc(C(=O)NC2=NC(=C(C#N)C(=O)N3CCOCC3)c3ccccc32)cc1. The van der Waals surface area contributed by atoms with Gasteiger partial charge in [0.05, 0.1) is 18.9 Å². The molecule has 33 heavy (non-hydrogen) atoms. The highest BCUT2D eigenvalue weighted by Gasteiger charge is 2.30. The maximum atomic E-state index is 13.0. The zero-order valence-corrected chi connectivity index (χ0v) is 19.0. The van der Waals surface area contributed by atoms with Gasteiger partial charge in [0.1, 0.15) is 17.5 Å². The summed E-state index contributed by atoms with van der Waals surface area (Å²) >= 11 is 0. The molecule has 2 aliphatic rings. The molecule has 1 saturated heterocycles. The largest absolute Gasteiger partial charge is 0.378 e. The summed E-state index contributed by atoms with van der Waals surface area (Å²) in [5, 5.41) is 12.7. The fourth-order valence-electron chi connectivity index (χ4n) is 3.84. The highest BCUT2D eigenvalue weighted by atomic mass is 16.5. The third-order valence-corrected chi connectivity index (χ3v) is 5.77. The van der Waals surface area contributed by atoms with Crippen LogP contribution >= 0.6 is 0 Å². The first-order valence-electron chi connectivity index (χ1n) is 10.9. The monoisotopic (exact) mass is 442 g/mol. The van der Waals surface area contributed by atoms with Crippen molar-refractivity contribution in [3.8, 4) is 6.07 Å². The van der Waals surface area contributed by atoms with Crippen molar-refractivity contribution in [1.29, 1.82) is 5.26 Å². The average Bonchev–Trinajstić information content (AvgIpc) is 3.17. The van der Waals surface area contributed by atoms with Crippen LogP contribution in [0.15, 0.2) is 59.1 Å². The smallest absolute Gasteiger partial charge is 0.266 e. The van der Waals surface area contributed by atoms with Crippen molar-refractivity contribution in [1.82, 2.24) is 10.2 Å². The molecule has 0 atom stereocenters. The number of amides is 2. The number of hydrogen-bond donors (Lipinski definition) is 1. The lowest BCUT2D eigenvalue weighted by Gasteiger charge is -2.26. The molecule has 2 amide bonds. The van der Waals surface area contributed by atoms with Crippen molar-refractivity contribution < 1.29 is 14.3 Å². The number of benzene rings is 2. The Morgan fingerprint density at radius 3 is 2.27 bits per heavy atom.